The Hall–Kier alpha value is -2.61. The van der Waals surface area contributed by atoms with Gasteiger partial charge >= 0.3 is 0 Å². The second-order valence-corrected chi connectivity index (χ2v) is 6.60. The van der Waals surface area contributed by atoms with Crippen LogP contribution < -0.4 is 11.1 Å². The first-order valence-electron chi connectivity index (χ1n) is 7.63. The van der Waals surface area contributed by atoms with E-state index in [4.69, 9.17) is 5.73 Å². The van der Waals surface area contributed by atoms with E-state index in [2.05, 4.69) is 32.3 Å². The average molecular weight is 341 g/mol. The third-order valence-corrected chi connectivity index (χ3v) is 4.44. The summed E-state index contributed by atoms with van der Waals surface area (Å²) in [5.74, 6) is 2.27. The van der Waals surface area contributed by atoms with Crippen molar-refractivity contribution in [3.05, 3.63) is 54.6 Å². The van der Waals surface area contributed by atoms with Crippen LogP contribution in [0.15, 0.2) is 48.8 Å². The molecule has 2 aromatic heterocycles. The topological polar surface area (TPSA) is 94.5 Å². The summed E-state index contributed by atoms with van der Waals surface area (Å²) in [6.45, 7) is 2.91. The number of benzene rings is 1. The van der Waals surface area contributed by atoms with E-state index in [1.807, 2.05) is 47.3 Å². The third kappa shape index (κ3) is 4.45. The molecule has 1 aromatic carbocycles. The molecule has 0 radical (unpaired) electrons. The quantitative estimate of drug-likeness (QED) is 0.682. The van der Waals surface area contributed by atoms with Crippen molar-refractivity contribution in [1.82, 2.24) is 24.7 Å². The Morgan fingerprint density at radius 1 is 1.17 bits per heavy atom. The molecular weight excluding hydrogens is 322 g/mol. The molecule has 0 aliphatic carbocycles. The number of hydrogen-bond acceptors (Lipinski definition) is 7. The van der Waals surface area contributed by atoms with E-state index in [0.29, 0.717) is 11.8 Å². The van der Waals surface area contributed by atoms with Crippen molar-refractivity contribution in [2.24, 2.45) is 0 Å². The average Bonchev–Trinajstić information content (AvgIpc) is 3.08. The molecule has 0 saturated carbocycles. The summed E-state index contributed by atoms with van der Waals surface area (Å²) < 4.78 is 1.91. The van der Waals surface area contributed by atoms with Gasteiger partial charge in [-0.2, -0.15) is 20.1 Å². The van der Waals surface area contributed by atoms with Crippen LogP contribution in [0, 0.1) is 0 Å². The number of hydrogen-bond donors (Lipinski definition) is 2. The predicted molar refractivity (Wildman–Crippen MR) is 97.1 cm³/mol. The minimum atomic E-state index is 0.113. The third-order valence-electron chi connectivity index (χ3n) is 3.31. The smallest absolute Gasteiger partial charge is 0.232 e. The molecular formula is C16H19N7S. The van der Waals surface area contributed by atoms with Gasteiger partial charge in [-0.3, -0.25) is 4.68 Å². The lowest BCUT2D eigenvalue weighted by Crippen LogP contribution is -2.09. The fourth-order valence-corrected chi connectivity index (χ4v) is 3.03. The molecule has 3 N–H and O–H groups in total. The molecule has 0 aliphatic heterocycles. The lowest BCUT2D eigenvalue weighted by Gasteiger charge is -2.12. The van der Waals surface area contributed by atoms with Crippen LogP contribution in [0.2, 0.25) is 0 Å². The fraction of sp³-hybridized carbons (Fsp3) is 0.250. The molecule has 0 amide bonds. The number of aromatic nitrogens is 5. The SMILES string of the molecule is C[C@H](SCCn1cccn1)c1nc(N)nc(Nc2ccccc2)n1. The number of thioether (sulfide) groups is 1. The molecule has 1 atom stereocenters. The van der Waals surface area contributed by atoms with Crippen LogP contribution >= 0.6 is 11.8 Å². The molecule has 3 aromatic rings. The summed E-state index contributed by atoms with van der Waals surface area (Å²) in [5.41, 5.74) is 6.74. The molecule has 8 heteroatoms. The van der Waals surface area contributed by atoms with Crippen molar-refractivity contribution < 1.29 is 0 Å². The number of nitrogens with zero attached hydrogens (tertiary/aromatic N) is 5. The van der Waals surface area contributed by atoms with Crippen molar-refractivity contribution in [3.63, 3.8) is 0 Å². The summed E-state index contributed by atoms with van der Waals surface area (Å²) in [7, 11) is 0. The molecule has 7 nitrogen and oxygen atoms in total. The molecule has 0 bridgehead atoms. The zero-order valence-corrected chi connectivity index (χ0v) is 14.1. The van der Waals surface area contributed by atoms with E-state index in [-0.39, 0.29) is 11.2 Å². The highest BCUT2D eigenvalue weighted by Gasteiger charge is 2.13. The van der Waals surface area contributed by atoms with Gasteiger partial charge in [0.1, 0.15) is 5.82 Å². The normalized spacial score (nSPS) is 12.0. The number of nitrogen functional groups attached to an aromatic ring is 1. The van der Waals surface area contributed by atoms with Crippen LogP contribution in [0.4, 0.5) is 17.6 Å². The Kier molecular flexibility index (Phi) is 5.27. The van der Waals surface area contributed by atoms with Gasteiger partial charge in [0, 0.05) is 30.4 Å². The van der Waals surface area contributed by atoms with E-state index in [0.717, 1.165) is 18.0 Å². The van der Waals surface area contributed by atoms with Crippen molar-refractivity contribution in [2.75, 3.05) is 16.8 Å². The first-order chi connectivity index (χ1) is 11.7. The van der Waals surface area contributed by atoms with Gasteiger partial charge in [-0.25, -0.2) is 0 Å². The predicted octanol–water partition coefficient (Wildman–Crippen LogP) is 2.89. The Labute approximate surface area is 144 Å². The first-order valence-corrected chi connectivity index (χ1v) is 8.68. The minimum Gasteiger partial charge on any atom is -0.368 e. The molecule has 0 saturated heterocycles. The molecule has 0 spiro atoms. The Balaban J connectivity index is 1.64. The second-order valence-electron chi connectivity index (χ2n) is 5.15. The summed E-state index contributed by atoms with van der Waals surface area (Å²) in [6, 6.07) is 11.7. The molecule has 0 unspecified atom stereocenters. The van der Waals surface area contributed by atoms with Crippen LogP contribution in [0.5, 0.6) is 0 Å². The maximum atomic E-state index is 5.83. The zero-order chi connectivity index (χ0) is 16.8. The summed E-state index contributed by atoms with van der Waals surface area (Å²) in [6.07, 6.45) is 3.73. The number of aryl methyl sites for hydroxylation is 1. The molecule has 24 heavy (non-hydrogen) atoms. The van der Waals surface area contributed by atoms with E-state index < -0.39 is 0 Å². The highest BCUT2D eigenvalue weighted by atomic mass is 32.2. The first kappa shape index (κ1) is 16.3. The van der Waals surface area contributed by atoms with Crippen LogP contribution in [-0.2, 0) is 6.54 Å². The number of nitrogens with two attached hydrogens (primary N) is 1. The van der Waals surface area contributed by atoms with Gasteiger partial charge in [0.25, 0.3) is 0 Å². The second kappa shape index (κ2) is 7.78. The van der Waals surface area contributed by atoms with E-state index in [1.54, 1.807) is 18.0 Å². The van der Waals surface area contributed by atoms with Crippen molar-refractivity contribution in [1.29, 1.82) is 0 Å². The largest absolute Gasteiger partial charge is 0.368 e. The van der Waals surface area contributed by atoms with Gasteiger partial charge in [-0.1, -0.05) is 18.2 Å². The molecule has 0 aliphatic rings. The maximum absolute atomic E-state index is 5.83. The van der Waals surface area contributed by atoms with E-state index in [1.165, 1.54) is 0 Å². The van der Waals surface area contributed by atoms with Gasteiger partial charge < -0.3 is 11.1 Å². The molecule has 124 valence electrons. The highest BCUT2D eigenvalue weighted by molar-refractivity contribution is 7.99. The Morgan fingerprint density at radius 3 is 2.75 bits per heavy atom. The number of nitrogens with one attached hydrogen (secondary N) is 1. The monoisotopic (exact) mass is 341 g/mol. The van der Waals surface area contributed by atoms with E-state index in [9.17, 15) is 0 Å². The van der Waals surface area contributed by atoms with Gasteiger partial charge in [0.15, 0.2) is 0 Å². The van der Waals surface area contributed by atoms with Crippen molar-refractivity contribution >= 4 is 29.3 Å². The summed E-state index contributed by atoms with van der Waals surface area (Å²) in [5, 5.41) is 7.46. The van der Waals surface area contributed by atoms with Crippen LogP contribution in [0.1, 0.15) is 18.0 Å². The van der Waals surface area contributed by atoms with Gasteiger partial charge in [0.05, 0.1) is 5.25 Å². The van der Waals surface area contributed by atoms with Crippen molar-refractivity contribution in [2.45, 2.75) is 18.7 Å². The maximum Gasteiger partial charge on any atom is 0.232 e. The van der Waals surface area contributed by atoms with Crippen LogP contribution in [-0.4, -0.2) is 30.5 Å². The lowest BCUT2D eigenvalue weighted by molar-refractivity contribution is 0.665. The fourth-order valence-electron chi connectivity index (χ4n) is 2.13. The molecule has 3 rings (SSSR count). The lowest BCUT2D eigenvalue weighted by atomic mass is 10.3. The van der Waals surface area contributed by atoms with Crippen molar-refractivity contribution in [3.8, 4) is 0 Å². The summed E-state index contributed by atoms with van der Waals surface area (Å²) in [4.78, 5) is 12.9. The Morgan fingerprint density at radius 2 is 2.00 bits per heavy atom. The van der Waals surface area contributed by atoms with Gasteiger partial charge in [-0.05, 0) is 25.1 Å². The number of rotatable bonds is 7. The number of anilines is 3. The van der Waals surface area contributed by atoms with Crippen LogP contribution in [0.25, 0.3) is 0 Å². The van der Waals surface area contributed by atoms with Gasteiger partial charge in [-0.15, -0.1) is 11.8 Å². The zero-order valence-electron chi connectivity index (χ0n) is 13.3. The minimum absolute atomic E-state index is 0.113. The molecule has 0 fully saturated rings. The summed E-state index contributed by atoms with van der Waals surface area (Å²) >= 11 is 1.75. The van der Waals surface area contributed by atoms with Gasteiger partial charge in [0.2, 0.25) is 11.9 Å². The molecule has 2 heterocycles. The number of para-hydroxylation sites is 1. The van der Waals surface area contributed by atoms with E-state index >= 15 is 0 Å². The Bertz CT molecular complexity index is 761. The standard InChI is InChI=1S/C16H19N7S/c1-12(24-11-10-23-9-5-8-18-23)14-20-15(17)22-16(21-14)19-13-6-3-2-4-7-13/h2-9,12H,10-11H2,1H3,(H3,17,19,20,21,22)/t12-/m0/s1. The highest BCUT2D eigenvalue weighted by Crippen LogP contribution is 2.26. The van der Waals surface area contributed by atoms with Crippen LogP contribution in [0.3, 0.4) is 0 Å².